The molecule has 0 amide bonds. The maximum Gasteiger partial charge on any atom is 0.0802 e. The minimum Gasteiger partial charge on any atom is -0.255 e. The second-order valence-corrected chi connectivity index (χ2v) is 4.46. The maximum atomic E-state index is 4.30. The lowest BCUT2D eigenvalue weighted by Crippen LogP contribution is -1.75. The number of aromatic nitrogens is 1. The fraction of sp³-hybridized carbons (Fsp3) is 0.0833. The number of hydrogen-bond acceptors (Lipinski definition) is 2. The number of nitrogens with zero attached hydrogens (tertiary/aromatic N) is 1. The van der Waals surface area contributed by atoms with Gasteiger partial charge < -0.3 is 0 Å². The average molecular weight is 278 g/mol. The van der Waals surface area contributed by atoms with Gasteiger partial charge in [0.2, 0.25) is 0 Å². The predicted molar refractivity (Wildman–Crippen MR) is 68.2 cm³/mol. The molecule has 0 aliphatic carbocycles. The third-order valence-corrected chi connectivity index (χ3v) is 3.11. The van der Waals surface area contributed by atoms with Gasteiger partial charge in [-0.3, -0.25) is 4.98 Å². The van der Waals surface area contributed by atoms with Gasteiger partial charge in [0.25, 0.3) is 0 Å². The van der Waals surface area contributed by atoms with Gasteiger partial charge in [0.15, 0.2) is 0 Å². The van der Waals surface area contributed by atoms with Gasteiger partial charge in [-0.25, -0.2) is 0 Å². The van der Waals surface area contributed by atoms with Gasteiger partial charge in [-0.15, -0.1) is 11.3 Å². The van der Waals surface area contributed by atoms with Crippen LogP contribution in [-0.4, -0.2) is 10.3 Å². The zero-order chi connectivity index (χ0) is 10.5. The quantitative estimate of drug-likeness (QED) is 0.574. The van der Waals surface area contributed by atoms with Crippen molar-refractivity contribution in [1.82, 2.24) is 4.98 Å². The van der Waals surface area contributed by atoms with Crippen LogP contribution in [0.5, 0.6) is 0 Å². The Labute approximate surface area is 101 Å². The van der Waals surface area contributed by atoms with Crippen LogP contribution in [0.3, 0.4) is 0 Å². The molecule has 0 aliphatic rings. The van der Waals surface area contributed by atoms with Crippen molar-refractivity contribution in [1.29, 1.82) is 0 Å². The van der Waals surface area contributed by atoms with Crippen molar-refractivity contribution < 1.29 is 0 Å². The molecule has 0 aromatic carbocycles. The Kier molecular flexibility index (Phi) is 3.54. The molecule has 2 rings (SSSR count). The monoisotopic (exact) mass is 277 g/mol. The summed E-state index contributed by atoms with van der Waals surface area (Å²) >= 11 is 4.95. The van der Waals surface area contributed by atoms with Crippen LogP contribution in [0.2, 0.25) is 0 Å². The Morgan fingerprint density at radius 3 is 2.93 bits per heavy atom. The summed E-state index contributed by atoms with van der Waals surface area (Å²) in [6.07, 6.45) is 1.80. The van der Waals surface area contributed by atoms with Crippen LogP contribution < -0.4 is 0 Å². The molecule has 2 aromatic heterocycles. The zero-order valence-electron chi connectivity index (χ0n) is 7.90. The normalized spacial score (nSPS) is 9.40. The SMILES string of the molecule is BrCC#Cc1ccc(-c2ccccn2)s1. The number of pyridine rings is 1. The highest BCUT2D eigenvalue weighted by Gasteiger charge is 2.00. The minimum atomic E-state index is 0.712. The fourth-order valence-electron chi connectivity index (χ4n) is 1.17. The summed E-state index contributed by atoms with van der Waals surface area (Å²) in [4.78, 5) is 6.54. The van der Waals surface area contributed by atoms with E-state index in [1.807, 2.05) is 24.3 Å². The van der Waals surface area contributed by atoms with Gasteiger partial charge in [0.1, 0.15) is 0 Å². The van der Waals surface area contributed by atoms with Crippen LogP contribution in [0.25, 0.3) is 10.6 Å². The van der Waals surface area contributed by atoms with Crippen molar-refractivity contribution in [2.45, 2.75) is 0 Å². The molecule has 0 radical (unpaired) electrons. The van der Waals surface area contributed by atoms with E-state index in [1.54, 1.807) is 17.5 Å². The van der Waals surface area contributed by atoms with Crippen LogP contribution in [-0.2, 0) is 0 Å². The molecule has 1 nitrogen and oxygen atoms in total. The minimum absolute atomic E-state index is 0.712. The number of hydrogen-bond donors (Lipinski definition) is 0. The number of rotatable bonds is 1. The molecule has 2 aromatic rings. The lowest BCUT2D eigenvalue weighted by Gasteiger charge is -1.92. The molecule has 15 heavy (non-hydrogen) atoms. The summed E-state index contributed by atoms with van der Waals surface area (Å²) in [7, 11) is 0. The number of thiophene rings is 1. The first-order chi connectivity index (χ1) is 7.40. The van der Waals surface area contributed by atoms with E-state index in [4.69, 9.17) is 0 Å². The van der Waals surface area contributed by atoms with Gasteiger partial charge in [-0.2, -0.15) is 0 Å². The predicted octanol–water partition coefficient (Wildman–Crippen LogP) is 3.56. The summed E-state index contributed by atoms with van der Waals surface area (Å²) in [6.45, 7) is 0. The summed E-state index contributed by atoms with van der Waals surface area (Å²) in [5.41, 5.74) is 1.01. The van der Waals surface area contributed by atoms with Gasteiger partial charge in [0.05, 0.1) is 20.8 Å². The summed E-state index contributed by atoms with van der Waals surface area (Å²) in [6, 6.07) is 10.0. The van der Waals surface area contributed by atoms with Gasteiger partial charge in [0, 0.05) is 6.20 Å². The molecule has 0 N–H and O–H groups in total. The van der Waals surface area contributed by atoms with E-state index in [0.29, 0.717) is 5.33 Å². The molecule has 0 atom stereocenters. The Bertz CT molecular complexity index is 493. The second-order valence-electron chi connectivity index (χ2n) is 2.81. The largest absolute Gasteiger partial charge is 0.255 e. The molecule has 3 heteroatoms. The zero-order valence-corrected chi connectivity index (χ0v) is 10.3. The molecule has 2 heterocycles. The standard InChI is InChI=1S/C12H8BrNS/c13-8-3-4-10-6-7-12(15-10)11-5-1-2-9-14-11/h1-2,5-7,9H,8H2. The molecular weight excluding hydrogens is 270 g/mol. The Hall–Kier alpha value is -1.11. The van der Waals surface area contributed by atoms with Crippen molar-refractivity contribution in [3.8, 4) is 22.4 Å². The van der Waals surface area contributed by atoms with E-state index in [-0.39, 0.29) is 0 Å². The van der Waals surface area contributed by atoms with E-state index in [1.165, 1.54) is 0 Å². The summed E-state index contributed by atoms with van der Waals surface area (Å²) in [5, 5.41) is 0.712. The van der Waals surface area contributed by atoms with Crippen LogP contribution in [0.1, 0.15) is 4.88 Å². The van der Waals surface area contributed by atoms with Gasteiger partial charge in [-0.05, 0) is 24.3 Å². The van der Waals surface area contributed by atoms with E-state index in [9.17, 15) is 0 Å². The molecule has 74 valence electrons. The van der Waals surface area contributed by atoms with Crippen LogP contribution >= 0.6 is 27.3 Å². The third-order valence-electron chi connectivity index (χ3n) is 1.80. The lowest BCUT2D eigenvalue weighted by molar-refractivity contribution is 1.34. The van der Waals surface area contributed by atoms with Gasteiger partial charge >= 0.3 is 0 Å². The molecule has 0 aliphatic heterocycles. The van der Waals surface area contributed by atoms with Crippen LogP contribution in [0, 0.1) is 11.8 Å². The molecule has 0 unspecified atom stereocenters. The highest BCUT2D eigenvalue weighted by Crippen LogP contribution is 2.25. The molecule has 0 spiro atoms. The highest BCUT2D eigenvalue weighted by molar-refractivity contribution is 9.09. The molecule has 0 saturated heterocycles. The average Bonchev–Trinajstić information content (AvgIpc) is 2.76. The number of alkyl halides is 1. The topological polar surface area (TPSA) is 12.9 Å². The van der Waals surface area contributed by atoms with Crippen LogP contribution in [0.4, 0.5) is 0 Å². The second kappa shape index (κ2) is 5.11. The van der Waals surface area contributed by atoms with Crippen molar-refractivity contribution in [2.75, 3.05) is 5.33 Å². The summed E-state index contributed by atoms with van der Waals surface area (Å²) < 4.78 is 0. The third kappa shape index (κ3) is 2.68. The lowest BCUT2D eigenvalue weighted by atomic mass is 10.3. The van der Waals surface area contributed by atoms with E-state index in [0.717, 1.165) is 15.4 Å². The first-order valence-corrected chi connectivity index (χ1v) is 6.40. The fourth-order valence-corrected chi connectivity index (χ4v) is 2.17. The first kappa shape index (κ1) is 10.4. The van der Waals surface area contributed by atoms with E-state index >= 15 is 0 Å². The molecule has 0 bridgehead atoms. The van der Waals surface area contributed by atoms with E-state index < -0.39 is 0 Å². The van der Waals surface area contributed by atoms with Crippen molar-refractivity contribution in [3.05, 3.63) is 41.4 Å². The molecular formula is C12H8BrNS. The first-order valence-electron chi connectivity index (χ1n) is 4.46. The Morgan fingerprint density at radius 2 is 2.20 bits per heavy atom. The smallest absolute Gasteiger partial charge is 0.0802 e. The number of halogens is 1. The maximum absolute atomic E-state index is 4.30. The molecule has 0 saturated carbocycles. The molecule has 0 fully saturated rings. The van der Waals surface area contributed by atoms with Crippen LogP contribution in [0.15, 0.2) is 36.5 Å². The Morgan fingerprint density at radius 1 is 1.27 bits per heavy atom. The van der Waals surface area contributed by atoms with Crippen molar-refractivity contribution in [2.24, 2.45) is 0 Å². The van der Waals surface area contributed by atoms with Gasteiger partial charge in [-0.1, -0.05) is 33.8 Å². The van der Waals surface area contributed by atoms with Crippen molar-refractivity contribution in [3.63, 3.8) is 0 Å². The van der Waals surface area contributed by atoms with E-state index in [2.05, 4.69) is 38.8 Å². The summed E-state index contributed by atoms with van der Waals surface area (Å²) in [5.74, 6) is 6.06. The highest BCUT2D eigenvalue weighted by atomic mass is 79.9. The van der Waals surface area contributed by atoms with Crippen molar-refractivity contribution >= 4 is 27.3 Å². The Balaban J connectivity index is 2.28.